The molecule has 3 N–H and O–H groups in total. The molecule has 0 saturated heterocycles. The Kier molecular flexibility index (Phi) is 6.16. The van der Waals surface area contributed by atoms with Crippen LogP contribution in [0.15, 0.2) is 61.1 Å². The van der Waals surface area contributed by atoms with Gasteiger partial charge in [-0.25, -0.2) is 10.0 Å². The number of hydroxylamine groups is 2. The number of pyridine rings is 2. The van der Waals surface area contributed by atoms with E-state index in [-0.39, 0.29) is 23.2 Å². The fourth-order valence-corrected chi connectivity index (χ4v) is 2.75. The predicted octanol–water partition coefficient (Wildman–Crippen LogP) is 3.00. The van der Waals surface area contributed by atoms with E-state index in [2.05, 4.69) is 15.3 Å². The lowest BCUT2D eigenvalue weighted by atomic mass is 10.0. The van der Waals surface area contributed by atoms with E-state index in [0.29, 0.717) is 23.4 Å². The second kappa shape index (κ2) is 8.94. The van der Waals surface area contributed by atoms with Gasteiger partial charge < -0.3 is 11.1 Å². The molecule has 2 heterocycles. The zero-order chi connectivity index (χ0) is 20.8. The minimum atomic E-state index is -0.367. The van der Waals surface area contributed by atoms with E-state index < -0.39 is 0 Å². The number of anilines is 2. The Balaban J connectivity index is 1.84. The van der Waals surface area contributed by atoms with Crippen molar-refractivity contribution in [1.29, 1.82) is 0 Å². The van der Waals surface area contributed by atoms with E-state index in [9.17, 15) is 9.59 Å². The largest absolute Gasteiger partial charge is 0.383 e. The van der Waals surface area contributed by atoms with E-state index in [1.165, 1.54) is 12.2 Å². The van der Waals surface area contributed by atoms with Crippen LogP contribution in [0.1, 0.15) is 27.6 Å². The molecule has 0 radical (unpaired) electrons. The maximum absolute atomic E-state index is 12.6. The lowest BCUT2D eigenvalue weighted by Gasteiger charge is -2.17. The molecule has 0 atom stereocenters. The summed E-state index contributed by atoms with van der Waals surface area (Å²) in [6.45, 7) is 2.27. The highest BCUT2D eigenvalue weighted by Crippen LogP contribution is 2.23. The van der Waals surface area contributed by atoms with Crippen molar-refractivity contribution in [2.24, 2.45) is 0 Å². The van der Waals surface area contributed by atoms with Gasteiger partial charge in [0, 0.05) is 41.9 Å². The van der Waals surface area contributed by atoms with Crippen molar-refractivity contribution in [1.82, 2.24) is 15.0 Å². The van der Waals surface area contributed by atoms with E-state index >= 15 is 0 Å². The number of benzene rings is 1. The maximum atomic E-state index is 12.6. The molecule has 8 nitrogen and oxygen atoms in total. The maximum Gasteiger partial charge on any atom is 0.277 e. The van der Waals surface area contributed by atoms with Crippen molar-refractivity contribution in [2.75, 3.05) is 24.7 Å². The van der Waals surface area contributed by atoms with Crippen LogP contribution in [0.25, 0.3) is 11.1 Å². The highest BCUT2D eigenvalue weighted by Gasteiger charge is 2.15. The lowest BCUT2D eigenvalue weighted by molar-refractivity contribution is -0.0915. The Morgan fingerprint density at radius 3 is 2.41 bits per heavy atom. The summed E-state index contributed by atoms with van der Waals surface area (Å²) >= 11 is 0. The fourth-order valence-electron chi connectivity index (χ4n) is 2.75. The molecule has 2 amide bonds. The summed E-state index contributed by atoms with van der Waals surface area (Å²) in [6, 6.07) is 12.0. The third-order valence-corrected chi connectivity index (χ3v) is 4.30. The molecule has 148 valence electrons. The smallest absolute Gasteiger partial charge is 0.277 e. The molecule has 0 aliphatic rings. The van der Waals surface area contributed by atoms with E-state index in [1.54, 1.807) is 61.1 Å². The van der Waals surface area contributed by atoms with Gasteiger partial charge in [0.2, 0.25) is 0 Å². The minimum absolute atomic E-state index is 0.130. The number of hydrogen-bond acceptors (Lipinski definition) is 6. The molecule has 0 aliphatic carbocycles. The fraction of sp³-hybridized carbons (Fsp3) is 0.143. The van der Waals surface area contributed by atoms with Gasteiger partial charge in [0.25, 0.3) is 11.8 Å². The average molecular weight is 391 g/mol. The third-order valence-electron chi connectivity index (χ3n) is 4.30. The Hall–Kier alpha value is -3.78. The zero-order valence-electron chi connectivity index (χ0n) is 16.1. The first-order valence-corrected chi connectivity index (χ1v) is 8.96. The number of nitrogen functional groups attached to an aromatic ring is 1. The van der Waals surface area contributed by atoms with Gasteiger partial charge in [-0.2, -0.15) is 0 Å². The Morgan fingerprint density at radius 1 is 1.10 bits per heavy atom. The molecular formula is C21H21N5O3. The van der Waals surface area contributed by atoms with Gasteiger partial charge >= 0.3 is 0 Å². The summed E-state index contributed by atoms with van der Waals surface area (Å²) in [5, 5.41) is 4.03. The van der Waals surface area contributed by atoms with Gasteiger partial charge in [0.1, 0.15) is 5.82 Å². The number of aromatic nitrogens is 2. The zero-order valence-corrected chi connectivity index (χ0v) is 16.1. The van der Waals surface area contributed by atoms with E-state index in [4.69, 9.17) is 10.6 Å². The van der Waals surface area contributed by atoms with Crippen molar-refractivity contribution >= 4 is 23.3 Å². The number of nitrogens with one attached hydrogen (secondary N) is 1. The van der Waals surface area contributed by atoms with Gasteiger partial charge in [-0.05, 0) is 42.8 Å². The molecule has 1 aromatic carbocycles. The molecule has 0 saturated carbocycles. The summed E-state index contributed by atoms with van der Waals surface area (Å²) in [5.41, 5.74) is 8.77. The number of nitrogens with two attached hydrogens (primary N) is 1. The van der Waals surface area contributed by atoms with Crippen LogP contribution in [0.4, 0.5) is 11.5 Å². The SMILES string of the molecule is CCN(OC)C(=O)c1ccc(-c2cnc(N)c(C(=O)Nc3ccncc3)c2)cc1. The Labute approximate surface area is 168 Å². The van der Waals surface area contributed by atoms with Crippen molar-refractivity contribution in [2.45, 2.75) is 6.92 Å². The number of hydrogen-bond donors (Lipinski definition) is 2. The Bertz CT molecular complexity index is 1000. The van der Waals surface area contributed by atoms with Gasteiger partial charge in [-0.15, -0.1) is 0 Å². The monoisotopic (exact) mass is 391 g/mol. The number of carbonyl (C=O) groups excluding carboxylic acids is 2. The second-order valence-corrected chi connectivity index (χ2v) is 6.11. The molecule has 0 aliphatic heterocycles. The quantitative estimate of drug-likeness (QED) is 0.625. The van der Waals surface area contributed by atoms with Crippen LogP contribution in [0.3, 0.4) is 0 Å². The molecule has 3 rings (SSSR count). The first-order chi connectivity index (χ1) is 14.0. The van der Waals surface area contributed by atoms with Crippen molar-refractivity contribution in [3.8, 4) is 11.1 Å². The summed E-state index contributed by atoms with van der Waals surface area (Å²) in [6.07, 6.45) is 4.75. The molecule has 0 spiro atoms. The van der Waals surface area contributed by atoms with Gasteiger partial charge in [0.05, 0.1) is 12.7 Å². The molecule has 29 heavy (non-hydrogen) atoms. The first-order valence-electron chi connectivity index (χ1n) is 8.96. The molecule has 0 unspecified atom stereocenters. The van der Waals surface area contributed by atoms with E-state index in [1.807, 2.05) is 6.92 Å². The van der Waals surface area contributed by atoms with Crippen LogP contribution >= 0.6 is 0 Å². The summed E-state index contributed by atoms with van der Waals surface area (Å²) in [7, 11) is 1.45. The van der Waals surface area contributed by atoms with Gasteiger partial charge in [-0.1, -0.05) is 12.1 Å². The van der Waals surface area contributed by atoms with Gasteiger partial charge in [0.15, 0.2) is 0 Å². The normalized spacial score (nSPS) is 10.4. The first kappa shape index (κ1) is 20.0. The van der Waals surface area contributed by atoms with Crippen LogP contribution in [0.5, 0.6) is 0 Å². The van der Waals surface area contributed by atoms with Crippen LogP contribution in [-0.4, -0.2) is 40.5 Å². The van der Waals surface area contributed by atoms with Gasteiger partial charge in [-0.3, -0.25) is 19.4 Å². The molecule has 3 aromatic rings. The van der Waals surface area contributed by atoms with Crippen molar-refractivity contribution in [3.63, 3.8) is 0 Å². The highest BCUT2D eigenvalue weighted by atomic mass is 16.7. The topological polar surface area (TPSA) is 110 Å². The molecule has 8 heteroatoms. The van der Waals surface area contributed by atoms with E-state index in [0.717, 1.165) is 5.56 Å². The number of rotatable bonds is 6. The van der Waals surface area contributed by atoms with Crippen LogP contribution in [-0.2, 0) is 4.84 Å². The van der Waals surface area contributed by atoms with Crippen molar-refractivity contribution in [3.05, 3.63) is 72.2 Å². The second-order valence-electron chi connectivity index (χ2n) is 6.11. The van der Waals surface area contributed by atoms with Crippen LogP contribution < -0.4 is 11.1 Å². The third kappa shape index (κ3) is 4.56. The standard InChI is InChI=1S/C21H21N5O3/c1-3-26(29-2)21(28)15-6-4-14(5-7-15)16-12-18(19(22)24-13-16)20(27)25-17-8-10-23-11-9-17/h4-13H,3H2,1-2H3,(H2,22,24)(H,23,25,27). The van der Waals surface area contributed by atoms with Crippen LogP contribution in [0.2, 0.25) is 0 Å². The van der Waals surface area contributed by atoms with Crippen molar-refractivity contribution < 1.29 is 14.4 Å². The highest BCUT2D eigenvalue weighted by molar-refractivity contribution is 6.07. The summed E-state index contributed by atoms with van der Waals surface area (Å²) in [5.74, 6) is -0.464. The molecular weight excluding hydrogens is 370 g/mol. The lowest BCUT2D eigenvalue weighted by Crippen LogP contribution is -2.29. The summed E-state index contributed by atoms with van der Waals surface area (Å²) < 4.78 is 0. The molecule has 0 fully saturated rings. The average Bonchev–Trinajstić information content (AvgIpc) is 2.75. The number of carbonyl (C=O) groups is 2. The molecule has 0 bridgehead atoms. The molecule has 2 aromatic heterocycles. The summed E-state index contributed by atoms with van der Waals surface area (Å²) in [4.78, 5) is 38.0. The minimum Gasteiger partial charge on any atom is -0.383 e. The Morgan fingerprint density at radius 2 is 1.79 bits per heavy atom. The predicted molar refractivity (Wildman–Crippen MR) is 110 cm³/mol. The van der Waals surface area contributed by atoms with Crippen LogP contribution in [0, 0.1) is 0 Å². The number of amides is 2. The number of nitrogens with zero attached hydrogens (tertiary/aromatic N) is 3.